The van der Waals surface area contributed by atoms with Crippen molar-refractivity contribution in [2.75, 3.05) is 26.2 Å². The highest BCUT2D eigenvalue weighted by molar-refractivity contribution is 7.80. The van der Waals surface area contributed by atoms with E-state index >= 15 is 0 Å². The van der Waals surface area contributed by atoms with Crippen molar-refractivity contribution in [3.05, 3.63) is 74.1 Å². The van der Waals surface area contributed by atoms with Crippen molar-refractivity contribution in [1.29, 1.82) is 0 Å². The Morgan fingerprint density at radius 2 is 1.81 bits per heavy atom. The number of halogens is 1. The lowest BCUT2D eigenvalue weighted by molar-refractivity contribution is -0.384. The fourth-order valence-corrected chi connectivity index (χ4v) is 5.54. The predicted octanol–water partition coefficient (Wildman–Crippen LogP) is 4.86. The number of carbonyl (C=O) groups excluding carboxylic acids is 1. The monoisotopic (exact) mass is 488 g/mol. The molecule has 3 aromatic rings. The fraction of sp³-hybridized carbons (Fsp3) is 0.273. The summed E-state index contributed by atoms with van der Waals surface area (Å²) in [5, 5.41) is 16.1. The predicted molar refractivity (Wildman–Crippen MR) is 132 cm³/mol. The molecule has 0 aliphatic carbocycles. The first-order valence-corrected chi connectivity index (χ1v) is 11.7. The number of nitrogens with zero attached hydrogens (tertiary/aromatic N) is 3. The van der Waals surface area contributed by atoms with E-state index in [0.29, 0.717) is 51.3 Å². The molecule has 1 fully saturated rings. The summed E-state index contributed by atoms with van der Waals surface area (Å²) in [5.41, 5.74) is 1.14. The molecule has 1 aromatic heterocycles. The molecule has 1 aliphatic rings. The van der Waals surface area contributed by atoms with Crippen molar-refractivity contribution in [3.8, 4) is 0 Å². The lowest BCUT2D eigenvalue weighted by Crippen LogP contribution is -2.53. The third-order valence-corrected chi connectivity index (χ3v) is 7.53. The number of nitrogens with one attached hydrogen (secondary N) is 1. The minimum absolute atomic E-state index is 0.0197. The zero-order valence-electron chi connectivity index (χ0n) is 17.3. The molecule has 1 N–H and O–H groups in total. The van der Waals surface area contributed by atoms with E-state index in [4.69, 9.17) is 23.8 Å². The summed E-state index contributed by atoms with van der Waals surface area (Å²) in [6.07, 6.45) is 0. The van der Waals surface area contributed by atoms with Crippen LogP contribution in [0.1, 0.15) is 28.2 Å². The van der Waals surface area contributed by atoms with Crippen LogP contribution < -0.4 is 5.32 Å². The molecule has 7 nitrogen and oxygen atoms in total. The van der Waals surface area contributed by atoms with Crippen molar-refractivity contribution in [2.45, 2.75) is 13.0 Å². The van der Waals surface area contributed by atoms with Gasteiger partial charge in [-0.3, -0.25) is 14.9 Å². The summed E-state index contributed by atoms with van der Waals surface area (Å²) >= 11 is 13.2. The van der Waals surface area contributed by atoms with Gasteiger partial charge >= 0.3 is 0 Å². The van der Waals surface area contributed by atoms with Crippen LogP contribution in [0.5, 0.6) is 0 Å². The van der Waals surface area contributed by atoms with E-state index in [0.717, 1.165) is 5.56 Å². The average Bonchev–Trinajstić information content (AvgIpc) is 3.15. The van der Waals surface area contributed by atoms with E-state index in [1.807, 2.05) is 18.2 Å². The number of fused-ring (bicyclic) bond motifs is 1. The van der Waals surface area contributed by atoms with Crippen LogP contribution >= 0.6 is 35.2 Å². The Hall–Kier alpha value is -2.75. The number of carbonyl (C=O) groups is 1. The number of benzene rings is 2. The van der Waals surface area contributed by atoms with Crippen LogP contribution in [-0.2, 0) is 0 Å². The van der Waals surface area contributed by atoms with Gasteiger partial charge in [-0.25, -0.2) is 0 Å². The SMILES string of the molecule is CC(NC(=S)N1CCN(C(=O)c2sc3cc([N+](=O)[O-])ccc3c2Cl)CC1)c1ccccc1. The molecule has 1 unspecified atom stereocenters. The maximum absolute atomic E-state index is 13.1. The van der Waals surface area contributed by atoms with Crippen molar-refractivity contribution >= 4 is 61.9 Å². The smallest absolute Gasteiger partial charge is 0.270 e. The Morgan fingerprint density at radius 1 is 1.16 bits per heavy atom. The van der Waals surface area contributed by atoms with Gasteiger partial charge in [0.1, 0.15) is 4.88 Å². The number of nitro benzene ring substituents is 1. The molecule has 0 bridgehead atoms. The van der Waals surface area contributed by atoms with E-state index in [9.17, 15) is 14.9 Å². The normalized spacial score (nSPS) is 14.9. The van der Waals surface area contributed by atoms with Crippen LogP contribution in [-0.4, -0.2) is 51.9 Å². The van der Waals surface area contributed by atoms with Crippen molar-refractivity contribution in [2.24, 2.45) is 0 Å². The Kier molecular flexibility index (Phi) is 6.59. The van der Waals surface area contributed by atoms with Gasteiger partial charge in [-0.1, -0.05) is 41.9 Å². The molecule has 0 saturated carbocycles. The number of hydrogen-bond donors (Lipinski definition) is 1. The number of thiophene rings is 1. The summed E-state index contributed by atoms with van der Waals surface area (Å²) in [6, 6.07) is 14.6. The molecule has 1 amide bonds. The Labute approximate surface area is 199 Å². The number of thiocarbonyl (C=S) groups is 1. The molecular formula is C22H21ClN4O3S2. The van der Waals surface area contributed by atoms with Gasteiger partial charge in [0.2, 0.25) is 0 Å². The number of piperazine rings is 1. The molecular weight excluding hydrogens is 468 g/mol. The molecule has 1 aliphatic heterocycles. The summed E-state index contributed by atoms with van der Waals surface area (Å²) in [5.74, 6) is -0.157. The lowest BCUT2D eigenvalue weighted by atomic mass is 10.1. The molecule has 166 valence electrons. The summed E-state index contributed by atoms with van der Waals surface area (Å²) in [4.78, 5) is 27.9. The molecule has 32 heavy (non-hydrogen) atoms. The zero-order chi connectivity index (χ0) is 22.8. The number of nitro groups is 1. The maximum Gasteiger partial charge on any atom is 0.270 e. The highest BCUT2D eigenvalue weighted by Gasteiger charge is 2.27. The van der Waals surface area contributed by atoms with Crippen LogP contribution in [0.3, 0.4) is 0 Å². The molecule has 1 atom stereocenters. The van der Waals surface area contributed by atoms with Gasteiger partial charge in [-0.05, 0) is 30.8 Å². The number of hydrogen-bond acceptors (Lipinski definition) is 5. The number of non-ortho nitro benzene ring substituents is 1. The van der Waals surface area contributed by atoms with E-state index in [2.05, 4.69) is 29.3 Å². The number of amides is 1. The second kappa shape index (κ2) is 9.40. The second-order valence-electron chi connectivity index (χ2n) is 7.54. The highest BCUT2D eigenvalue weighted by Crippen LogP contribution is 2.38. The first-order chi connectivity index (χ1) is 15.3. The third kappa shape index (κ3) is 4.55. The lowest BCUT2D eigenvalue weighted by Gasteiger charge is -2.36. The van der Waals surface area contributed by atoms with Gasteiger partial charge in [0.05, 0.1) is 16.0 Å². The quantitative estimate of drug-likeness (QED) is 0.321. The molecule has 0 spiro atoms. The van der Waals surface area contributed by atoms with Crippen LogP contribution in [0.15, 0.2) is 48.5 Å². The van der Waals surface area contributed by atoms with Crippen LogP contribution in [0.2, 0.25) is 5.02 Å². The summed E-state index contributed by atoms with van der Waals surface area (Å²) < 4.78 is 0.631. The second-order valence-corrected chi connectivity index (χ2v) is 9.36. The standard InChI is InChI=1S/C22H21ClN4O3S2/c1-14(15-5-3-2-4-6-15)24-22(31)26-11-9-25(10-12-26)21(28)20-19(23)17-8-7-16(27(29)30)13-18(17)32-20/h2-8,13-14H,9-12H2,1H3,(H,24,31). The minimum Gasteiger partial charge on any atom is -0.356 e. The topological polar surface area (TPSA) is 78.7 Å². The first-order valence-electron chi connectivity index (χ1n) is 10.1. The maximum atomic E-state index is 13.1. The first kappa shape index (κ1) is 22.4. The largest absolute Gasteiger partial charge is 0.356 e. The molecule has 2 heterocycles. The molecule has 1 saturated heterocycles. The van der Waals surface area contributed by atoms with Crippen molar-refractivity contribution < 1.29 is 9.72 Å². The zero-order valence-corrected chi connectivity index (χ0v) is 19.7. The van der Waals surface area contributed by atoms with Gasteiger partial charge in [0, 0.05) is 48.4 Å². The van der Waals surface area contributed by atoms with Gasteiger partial charge in [-0.15, -0.1) is 11.3 Å². The van der Waals surface area contributed by atoms with Gasteiger partial charge in [0.15, 0.2) is 5.11 Å². The number of rotatable bonds is 4. The summed E-state index contributed by atoms with van der Waals surface area (Å²) in [7, 11) is 0. The van der Waals surface area contributed by atoms with E-state index in [1.54, 1.807) is 11.0 Å². The summed E-state index contributed by atoms with van der Waals surface area (Å²) in [6.45, 7) is 4.34. The molecule has 2 aromatic carbocycles. The van der Waals surface area contributed by atoms with Gasteiger partial charge < -0.3 is 15.1 Å². The van der Waals surface area contributed by atoms with Gasteiger partial charge in [-0.2, -0.15) is 0 Å². The molecule has 4 rings (SSSR count). The fourth-order valence-electron chi connectivity index (χ4n) is 3.66. The van der Waals surface area contributed by atoms with Crippen LogP contribution in [0.25, 0.3) is 10.1 Å². The Morgan fingerprint density at radius 3 is 2.47 bits per heavy atom. The van der Waals surface area contributed by atoms with Gasteiger partial charge in [0.25, 0.3) is 11.6 Å². The highest BCUT2D eigenvalue weighted by atomic mass is 35.5. The van der Waals surface area contributed by atoms with E-state index in [-0.39, 0.29) is 17.6 Å². The van der Waals surface area contributed by atoms with Crippen molar-refractivity contribution in [1.82, 2.24) is 15.1 Å². The van der Waals surface area contributed by atoms with Crippen LogP contribution in [0, 0.1) is 10.1 Å². The molecule has 0 radical (unpaired) electrons. The van der Waals surface area contributed by atoms with Crippen molar-refractivity contribution in [3.63, 3.8) is 0 Å². The minimum atomic E-state index is -0.455. The molecule has 10 heteroatoms. The Bertz CT molecular complexity index is 1180. The Balaban J connectivity index is 1.40. The van der Waals surface area contributed by atoms with E-state index < -0.39 is 4.92 Å². The third-order valence-electron chi connectivity index (χ3n) is 5.51. The van der Waals surface area contributed by atoms with E-state index in [1.165, 1.54) is 23.5 Å². The van der Waals surface area contributed by atoms with Crippen LogP contribution in [0.4, 0.5) is 5.69 Å². The average molecular weight is 489 g/mol.